The van der Waals surface area contributed by atoms with Gasteiger partial charge in [-0.2, -0.15) is 0 Å². The van der Waals surface area contributed by atoms with Crippen molar-refractivity contribution >= 4 is 30.6 Å². The first-order valence-corrected chi connectivity index (χ1v) is 5.47. The molecule has 0 spiro atoms. The fourth-order valence-electron chi connectivity index (χ4n) is 1.89. The average Bonchev–Trinajstić information content (AvgIpc) is 2.30. The van der Waals surface area contributed by atoms with Gasteiger partial charge in [-0.3, -0.25) is 4.98 Å². The van der Waals surface area contributed by atoms with Crippen molar-refractivity contribution in [3.63, 3.8) is 0 Å². The van der Waals surface area contributed by atoms with Gasteiger partial charge in [0, 0.05) is 32.8 Å². The van der Waals surface area contributed by atoms with Crippen LogP contribution in [-0.4, -0.2) is 37.2 Å². The first-order valence-electron chi connectivity index (χ1n) is 5.47. The molecule has 1 aliphatic rings. The standard InChI is InChI=1S/C11H18N4.2ClH/c1-15(2)11-8-13-7-10(14-11)9-4-3-5-12-6-9;;/h7-9,12H,3-6H2,1-2H3;2*1H. The quantitative estimate of drug-likeness (QED) is 0.897. The van der Waals surface area contributed by atoms with Gasteiger partial charge in [0.1, 0.15) is 5.82 Å². The van der Waals surface area contributed by atoms with E-state index in [4.69, 9.17) is 0 Å². The van der Waals surface area contributed by atoms with Crippen molar-refractivity contribution in [2.45, 2.75) is 18.8 Å². The summed E-state index contributed by atoms with van der Waals surface area (Å²) in [6.45, 7) is 2.17. The van der Waals surface area contributed by atoms with Crippen LogP contribution >= 0.6 is 24.8 Å². The van der Waals surface area contributed by atoms with Crippen molar-refractivity contribution in [3.8, 4) is 0 Å². The Hall–Kier alpha value is -0.580. The van der Waals surface area contributed by atoms with Gasteiger partial charge in [0.05, 0.1) is 11.9 Å². The summed E-state index contributed by atoms with van der Waals surface area (Å²) in [4.78, 5) is 10.9. The molecule has 1 N–H and O–H groups in total. The van der Waals surface area contributed by atoms with E-state index in [2.05, 4.69) is 15.3 Å². The van der Waals surface area contributed by atoms with Gasteiger partial charge < -0.3 is 10.2 Å². The molecule has 2 rings (SSSR count). The highest BCUT2D eigenvalue weighted by molar-refractivity contribution is 5.85. The van der Waals surface area contributed by atoms with E-state index < -0.39 is 0 Å². The maximum atomic E-state index is 4.62. The summed E-state index contributed by atoms with van der Waals surface area (Å²) in [5, 5.41) is 3.40. The topological polar surface area (TPSA) is 41.1 Å². The fraction of sp³-hybridized carbons (Fsp3) is 0.636. The third-order valence-corrected chi connectivity index (χ3v) is 2.81. The average molecular weight is 279 g/mol. The Kier molecular flexibility index (Phi) is 7.43. The molecule has 6 heteroatoms. The predicted molar refractivity (Wildman–Crippen MR) is 75.7 cm³/mol. The number of rotatable bonds is 2. The molecular formula is C11H20Cl2N4. The Bertz CT molecular complexity index is 327. The molecular weight excluding hydrogens is 259 g/mol. The van der Waals surface area contributed by atoms with E-state index in [0.717, 1.165) is 24.6 Å². The van der Waals surface area contributed by atoms with Gasteiger partial charge in [-0.05, 0) is 19.4 Å². The molecule has 17 heavy (non-hydrogen) atoms. The van der Waals surface area contributed by atoms with Gasteiger partial charge in [0.25, 0.3) is 0 Å². The van der Waals surface area contributed by atoms with E-state index in [0.29, 0.717) is 5.92 Å². The monoisotopic (exact) mass is 278 g/mol. The van der Waals surface area contributed by atoms with Crippen molar-refractivity contribution in [1.29, 1.82) is 0 Å². The zero-order valence-corrected chi connectivity index (χ0v) is 11.9. The van der Waals surface area contributed by atoms with Crippen LogP contribution in [0.2, 0.25) is 0 Å². The smallest absolute Gasteiger partial charge is 0.146 e. The summed E-state index contributed by atoms with van der Waals surface area (Å²) >= 11 is 0. The highest BCUT2D eigenvalue weighted by Gasteiger charge is 2.17. The third kappa shape index (κ3) is 4.30. The molecule has 0 bridgehead atoms. The van der Waals surface area contributed by atoms with E-state index in [9.17, 15) is 0 Å². The largest absolute Gasteiger partial charge is 0.361 e. The number of hydrogen-bond donors (Lipinski definition) is 1. The van der Waals surface area contributed by atoms with Gasteiger partial charge in [-0.25, -0.2) is 4.98 Å². The highest BCUT2D eigenvalue weighted by atomic mass is 35.5. The summed E-state index contributed by atoms with van der Waals surface area (Å²) < 4.78 is 0. The first-order chi connectivity index (χ1) is 7.27. The minimum absolute atomic E-state index is 0. The van der Waals surface area contributed by atoms with Crippen molar-refractivity contribution in [2.75, 3.05) is 32.1 Å². The zero-order valence-electron chi connectivity index (χ0n) is 10.2. The number of hydrogen-bond acceptors (Lipinski definition) is 4. The van der Waals surface area contributed by atoms with Crippen LogP contribution in [0.25, 0.3) is 0 Å². The van der Waals surface area contributed by atoms with Crippen molar-refractivity contribution in [1.82, 2.24) is 15.3 Å². The van der Waals surface area contributed by atoms with Crippen molar-refractivity contribution < 1.29 is 0 Å². The number of nitrogens with zero attached hydrogens (tertiary/aromatic N) is 3. The van der Waals surface area contributed by atoms with Crippen LogP contribution in [0.15, 0.2) is 12.4 Å². The van der Waals surface area contributed by atoms with E-state index in [1.54, 1.807) is 6.20 Å². The lowest BCUT2D eigenvalue weighted by atomic mass is 9.96. The van der Waals surface area contributed by atoms with Crippen LogP contribution in [0, 0.1) is 0 Å². The Morgan fingerprint density at radius 2 is 2.06 bits per heavy atom. The van der Waals surface area contributed by atoms with Crippen LogP contribution in [0.4, 0.5) is 5.82 Å². The summed E-state index contributed by atoms with van der Waals surface area (Å²) in [6, 6.07) is 0. The lowest BCUT2D eigenvalue weighted by molar-refractivity contribution is 0.454. The molecule has 4 nitrogen and oxygen atoms in total. The lowest BCUT2D eigenvalue weighted by Crippen LogP contribution is -2.29. The number of anilines is 1. The van der Waals surface area contributed by atoms with E-state index >= 15 is 0 Å². The summed E-state index contributed by atoms with van der Waals surface area (Å²) in [5.74, 6) is 1.48. The number of piperidine rings is 1. The minimum atomic E-state index is 0. The molecule has 1 unspecified atom stereocenters. The molecule has 1 atom stereocenters. The Morgan fingerprint density at radius 1 is 1.29 bits per heavy atom. The Morgan fingerprint density at radius 3 is 2.65 bits per heavy atom. The van der Waals surface area contributed by atoms with Gasteiger partial charge in [0.2, 0.25) is 0 Å². The van der Waals surface area contributed by atoms with Crippen LogP contribution in [-0.2, 0) is 0 Å². The van der Waals surface area contributed by atoms with Crippen molar-refractivity contribution in [3.05, 3.63) is 18.1 Å². The van der Waals surface area contributed by atoms with Gasteiger partial charge in [0.15, 0.2) is 0 Å². The maximum absolute atomic E-state index is 4.62. The lowest BCUT2D eigenvalue weighted by Gasteiger charge is -2.22. The number of halogens is 2. The molecule has 98 valence electrons. The molecule has 0 radical (unpaired) electrons. The number of aromatic nitrogens is 2. The Balaban J connectivity index is 0.00000128. The van der Waals surface area contributed by atoms with E-state index in [1.807, 2.05) is 25.2 Å². The molecule has 0 amide bonds. The van der Waals surface area contributed by atoms with Gasteiger partial charge in [-0.15, -0.1) is 24.8 Å². The molecule has 1 saturated heterocycles. The van der Waals surface area contributed by atoms with Crippen LogP contribution in [0.3, 0.4) is 0 Å². The van der Waals surface area contributed by atoms with E-state index in [1.165, 1.54) is 12.8 Å². The summed E-state index contributed by atoms with van der Waals surface area (Å²) in [5.41, 5.74) is 1.12. The van der Waals surface area contributed by atoms with Crippen LogP contribution in [0.1, 0.15) is 24.5 Å². The molecule has 1 fully saturated rings. The second-order valence-corrected chi connectivity index (χ2v) is 4.24. The highest BCUT2D eigenvalue weighted by Crippen LogP contribution is 2.21. The SMILES string of the molecule is CN(C)c1cncc(C2CCCNC2)n1.Cl.Cl. The maximum Gasteiger partial charge on any atom is 0.146 e. The summed E-state index contributed by atoms with van der Waals surface area (Å²) in [6.07, 6.45) is 6.15. The normalized spacial score (nSPS) is 18.8. The van der Waals surface area contributed by atoms with Gasteiger partial charge >= 0.3 is 0 Å². The van der Waals surface area contributed by atoms with Crippen LogP contribution < -0.4 is 10.2 Å². The minimum Gasteiger partial charge on any atom is -0.361 e. The molecule has 0 aliphatic carbocycles. The van der Waals surface area contributed by atoms with Gasteiger partial charge in [-0.1, -0.05) is 0 Å². The second-order valence-electron chi connectivity index (χ2n) is 4.24. The molecule has 1 aromatic heterocycles. The van der Waals surface area contributed by atoms with E-state index in [-0.39, 0.29) is 24.8 Å². The second kappa shape index (κ2) is 7.69. The van der Waals surface area contributed by atoms with Crippen molar-refractivity contribution in [2.24, 2.45) is 0 Å². The van der Waals surface area contributed by atoms with Crippen LogP contribution in [0.5, 0.6) is 0 Å². The Labute approximate surface area is 115 Å². The molecule has 1 aromatic rings. The predicted octanol–water partition coefficient (Wildman–Crippen LogP) is 1.85. The fourth-order valence-corrected chi connectivity index (χ4v) is 1.89. The molecule has 0 aromatic carbocycles. The molecule has 0 saturated carbocycles. The molecule has 1 aliphatic heterocycles. The number of nitrogens with one attached hydrogen (secondary N) is 1. The first kappa shape index (κ1) is 16.4. The third-order valence-electron chi connectivity index (χ3n) is 2.81. The summed E-state index contributed by atoms with van der Waals surface area (Å²) in [7, 11) is 3.99. The molecule has 2 heterocycles. The zero-order chi connectivity index (χ0) is 10.7.